The van der Waals surface area contributed by atoms with Crippen molar-refractivity contribution < 1.29 is 5.11 Å². The van der Waals surface area contributed by atoms with E-state index in [1.165, 1.54) is 5.56 Å². The van der Waals surface area contributed by atoms with Crippen LogP contribution >= 0.6 is 11.8 Å². The smallest absolute Gasteiger partial charge is 0.166 e. The first-order valence-electron chi connectivity index (χ1n) is 6.10. The lowest BCUT2D eigenvalue weighted by atomic mass is 10.2. The number of aromatic nitrogens is 2. The van der Waals surface area contributed by atoms with Crippen molar-refractivity contribution in [3.05, 3.63) is 23.8 Å². The fraction of sp³-hybridized carbons (Fsp3) is 0.462. The fourth-order valence-corrected chi connectivity index (χ4v) is 2.73. The predicted octanol–water partition coefficient (Wildman–Crippen LogP) is 1.93. The van der Waals surface area contributed by atoms with Crippen molar-refractivity contribution in [2.75, 3.05) is 19.4 Å². The van der Waals surface area contributed by atoms with Gasteiger partial charge in [-0.05, 0) is 38.1 Å². The summed E-state index contributed by atoms with van der Waals surface area (Å²) in [7, 11) is 1.87. The average molecular weight is 265 g/mol. The third-order valence-electron chi connectivity index (χ3n) is 2.95. The number of hydrogen-bond donors (Lipinski definition) is 3. The Morgan fingerprint density at radius 3 is 3.06 bits per heavy atom. The number of nitrogens with one attached hydrogen (secondary N) is 2. The maximum absolute atomic E-state index is 9.07. The number of hydrogen-bond acceptors (Lipinski definition) is 4. The molecule has 0 saturated carbocycles. The van der Waals surface area contributed by atoms with Crippen molar-refractivity contribution in [2.45, 2.75) is 24.5 Å². The van der Waals surface area contributed by atoms with Gasteiger partial charge in [-0.3, -0.25) is 0 Å². The fourth-order valence-electron chi connectivity index (χ4n) is 1.79. The molecule has 5 heteroatoms. The summed E-state index contributed by atoms with van der Waals surface area (Å²) in [6.07, 6.45) is 0.924. The van der Waals surface area contributed by atoms with Gasteiger partial charge in [-0.15, -0.1) is 0 Å². The molecule has 3 N–H and O–H groups in total. The van der Waals surface area contributed by atoms with Crippen LogP contribution in [0, 0.1) is 6.92 Å². The molecule has 1 aromatic carbocycles. The lowest BCUT2D eigenvalue weighted by molar-refractivity contribution is 0.246. The van der Waals surface area contributed by atoms with Gasteiger partial charge in [-0.25, -0.2) is 4.98 Å². The SMILES string of the molecule is CNC(CO)CCSc1nc2ccc(C)cc2[nH]1. The molecular weight excluding hydrogens is 246 g/mol. The standard InChI is InChI=1S/C13H19N3OS/c1-9-3-4-11-12(7-9)16-13(15-11)18-6-5-10(8-17)14-2/h3-4,7,10,14,17H,5-6,8H2,1-2H3,(H,15,16). The van der Waals surface area contributed by atoms with E-state index in [9.17, 15) is 0 Å². The second-order valence-electron chi connectivity index (χ2n) is 4.37. The van der Waals surface area contributed by atoms with E-state index < -0.39 is 0 Å². The maximum Gasteiger partial charge on any atom is 0.166 e. The van der Waals surface area contributed by atoms with Crippen molar-refractivity contribution in [3.63, 3.8) is 0 Å². The number of imidazole rings is 1. The van der Waals surface area contributed by atoms with E-state index in [1.807, 2.05) is 13.1 Å². The molecule has 1 atom stereocenters. The molecule has 4 nitrogen and oxygen atoms in total. The number of benzene rings is 1. The molecule has 0 bridgehead atoms. The number of nitrogens with zero attached hydrogens (tertiary/aromatic N) is 1. The zero-order valence-corrected chi connectivity index (χ0v) is 11.5. The van der Waals surface area contributed by atoms with Crippen molar-refractivity contribution in [3.8, 4) is 0 Å². The van der Waals surface area contributed by atoms with Gasteiger partial charge in [0.1, 0.15) is 0 Å². The Labute approximate surface area is 111 Å². The Bertz CT molecular complexity index is 508. The van der Waals surface area contributed by atoms with Gasteiger partial charge in [0.05, 0.1) is 17.6 Å². The number of likely N-dealkylation sites (N-methyl/N-ethyl adjacent to an activating group) is 1. The number of rotatable bonds is 6. The van der Waals surface area contributed by atoms with Crippen LogP contribution in [-0.4, -0.2) is 40.5 Å². The van der Waals surface area contributed by atoms with Crippen LogP contribution in [0.15, 0.2) is 23.4 Å². The molecular formula is C13H19N3OS. The molecule has 0 saturated heterocycles. The molecule has 0 radical (unpaired) electrons. The van der Waals surface area contributed by atoms with E-state index in [2.05, 4.69) is 34.3 Å². The Morgan fingerprint density at radius 1 is 1.50 bits per heavy atom. The number of fused-ring (bicyclic) bond motifs is 1. The van der Waals surface area contributed by atoms with Gasteiger partial charge >= 0.3 is 0 Å². The van der Waals surface area contributed by atoms with Crippen molar-refractivity contribution in [2.24, 2.45) is 0 Å². The van der Waals surface area contributed by atoms with Crippen molar-refractivity contribution in [1.29, 1.82) is 0 Å². The molecule has 0 fully saturated rings. The molecule has 1 unspecified atom stereocenters. The van der Waals surface area contributed by atoms with E-state index in [-0.39, 0.29) is 12.6 Å². The first kappa shape index (κ1) is 13.4. The number of aromatic amines is 1. The van der Waals surface area contributed by atoms with Gasteiger partial charge < -0.3 is 15.4 Å². The second-order valence-corrected chi connectivity index (χ2v) is 5.45. The summed E-state index contributed by atoms with van der Waals surface area (Å²) in [5.41, 5.74) is 3.33. The van der Waals surface area contributed by atoms with Gasteiger partial charge in [-0.2, -0.15) is 0 Å². The number of aryl methyl sites for hydroxylation is 1. The molecule has 2 aromatic rings. The summed E-state index contributed by atoms with van der Waals surface area (Å²) < 4.78 is 0. The van der Waals surface area contributed by atoms with Crippen LogP contribution in [0.5, 0.6) is 0 Å². The van der Waals surface area contributed by atoms with E-state index in [0.29, 0.717) is 0 Å². The van der Waals surface area contributed by atoms with E-state index in [1.54, 1.807) is 11.8 Å². The van der Waals surface area contributed by atoms with Gasteiger partial charge in [0.15, 0.2) is 5.16 Å². The Morgan fingerprint density at radius 2 is 2.33 bits per heavy atom. The minimum absolute atomic E-state index is 0.170. The topological polar surface area (TPSA) is 60.9 Å². The van der Waals surface area contributed by atoms with Crippen LogP contribution < -0.4 is 5.32 Å². The highest BCUT2D eigenvalue weighted by atomic mass is 32.2. The van der Waals surface area contributed by atoms with Crippen LogP contribution in [0.3, 0.4) is 0 Å². The second kappa shape index (κ2) is 6.22. The molecule has 1 heterocycles. The predicted molar refractivity (Wildman–Crippen MR) is 76.1 cm³/mol. The van der Waals surface area contributed by atoms with Crippen LogP contribution in [0.25, 0.3) is 11.0 Å². The molecule has 0 spiro atoms. The average Bonchev–Trinajstić information content (AvgIpc) is 2.76. The van der Waals surface area contributed by atoms with Gasteiger partial charge in [-0.1, -0.05) is 17.8 Å². The Kier molecular flexibility index (Phi) is 4.63. The molecule has 0 aliphatic heterocycles. The van der Waals surface area contributed by atoms with E-state index in [4.69, 9.17) is 5.11 Å². The molecule has 0 amide bonds. The minimum atomic E-state index is 0.170. The van der Waals surface area contributed by atoms with Crippen LogP contribution in [0.2, 0.25) is 0 Å². The monoisotopic (exact) mass is 265 g/mol. The molecule has 0 aliphatic rings. The lowest BCUT2D eigenvalue weighted by Gasteiger charge is -2.11. The summed E-state index contributed by atoms with van der Waals surface area (Å²) >= 11 is 1.69. The van der Waals surface area contributed by atoms with Gasteiger partial charge in [0.25, 0.3) is 0 Å². The number of thioether (sulfide) groups is 1. The Balaban J connectivity index is 1.95. The third-order valence-corrected chi connectivity index (χ3v) is 3.86. The highest BCUT2D eigenvalue weighted by Gasteiger charge is 2.06. The largest absolute Gasteiger partial charge is 0.395 e. The van der Waals surface area contributed by atoms with Crippen LogP contribution in [0.1, 0.15) is 12.0 Å². The third kappa shape index (κ3) is 3.25. The number of aliphatic hydroxyl groups is 1. The van der Waals surface area contributed by atoms with Crippen molar-refractivity contribution >= 4 is 22.8 Å². The summed E-state index contributed by atoms with van der Waals surface area (Å²) in [6, 6.07) is 6.39. The normalized spacial score (nSPS) is 13.1. The highest BCUT2D eigenvalue weighted by Crippen LogP contribution is 2.21. The molecule has 1 aromatic heterocycles. The summed E-state index contributed by atoms with van der Waals surface area (Å²) in [4.78, 5) is 7.84. The van der Waals surface area contributed by atoms with E-state index in [0.717, 1.165) is 28.4 Å². The number of aliphatic hydroxyl groups excluding tert-OH is 1. The zero-order chi connectivity index (χ0) is 13.0. The number of H-pyrrole nitrogens is 1. The molecule has 2 rings (SSSR count). The maximum atomic E-state index is 9.07. The first-order valence-corrected chi connectivity index (χ1v) is 7.09. The zero-order valence-electron chi connectivity index (χ0n) is 10.7. The Hall–Kier alpha value is -1.04. The highest BCUT2D eigenvalue weighted by molar-refractivity contribution is 7.99. The minimum Gasteiger partial charge on any atom is -0.395 e. The molecule has 18 heavy (non-hydrogen) atoms. The van der Waals surface area contributed by atoms with Crippen LogP contribution in [-0.2, 0) is 0 Å². The summed E-state index contributed by atoms with van der Waals surface area (Å²) in [5.74, 6) is 0.935. The van der Waals surface area contributed by atoms with Gasteiger partial charge in [0, 0.05) is 11.8 Å². The summed E-state index contributed by atoms with van der Waals surface area (Å²) in [6.45, 7) is 2.25. The van der Waals surface area contributed by atoms with Crippen molar-refractivity contribution in [1.82, 2.24) is 15.3 Å². The van der Waals surface area contributed by atoms with Crippen LogP contribution in [0.4, 0.5) is 0 Å². The van der Waals surface area contributed by atoms with Gasteiger partial charge in [0.2, 0.25) is 0 Å². The van der Waals surface area contributed by atoms with E-state index >= 15 is 0 Å². The molecule has 98 valence electrons. The quantitative estimate of drug-likeness (QED) is 0.699. The summed E-state index contributed by atoms with van der Waals surface area (Å²) in [5, 5.41) is 13.1. The first-order chi connectivity index (χ1) is 8.72. The molecule has 0 aliphatic carbocycles. The lowest BCUT2D eigenvalue weighted by Crippen LogP contribution is -2.29.